The molecule has 0 saturated carbocycles. The first-order valence-electron chi connectivity index (χ1n) is 9.14. The summed E-state index contributed by atoms with van der Waals surface area (Å²) in [4.78, 5) is 0. The maximum absolute atomic E-state index is 6.06. The topological polar surface area (TPSA) is 35.1 Å². The van der Waals surface area contributed by atoms with E-state index < -0.39 is 0 Å². The highest BCUT2D eigenvalue weighted by atomic mass is 16.5. The zero-order valence-electron chi connectivity index (χ0n) is 15.4. The Labute approximate surface area is 141 Å². The molecule has 0 amide bonds. The van der Waals surface area contributed by atoms with E-state index >= 15 is 0 Å². The molecule has 23 heavy (non-hydrogen) atoms. The highest BCUT2D eigenvalue weighted by Crippen LogP contribution is 2.32. The summed E-state index contributed by atoms with van der Waals surface area (Å²) in [6.45, 7) is 12.9. The minimum atomic E-state index is 0.121. The molecule has 0 aliphatic carbocycles. The van der Waals surface area contributed by atoms with Crippen LogP contribution in [0.15, 0.2) is 18.2 Å². The van der Waals surface area contributed by atoms with E-state index in [2.05, 4.69) is 51.2 Å². The number of quaternary nitrogens is 1. The van der Waals surface area contributed by atoms with Crippen molar-refractivity contribution in [3.8, 4) is 5.75 Å². The van der Waals surface area contributed by atoms with E-state index in [4.69, 9.17) is 9.47 Å². The van der Waals surface area contributed by atoms with Gasteiger partial charge < -0.3 is 14.8 Å². The Bertz CT molecular complexity index is 473. The number of ether oxygens (including phenoxy) is 2. The predicted octanol–water partition coefficient (Wildman–Crippen LogP) is 3.19. The molecule has 0 bridgehead atoms. The first-order valence-corrected chi connectivity index (χ1v) is 9.14. The van der Waals surface area contributed by atoms with Crippen LogP contribution in [0.1, 0.15) is 57.6 Å². The average molecular weight is 320 g/mol. The van der Waals surface area contributed by atoms with Crippen molar-refractivity contribution in [2.24, 2.45) is 0 Å². The van der Waals surface area contributed by atoms with Crippen molar-refractivity contribution >= 4 is 0 Å². The first-order chi connectivity index (χ1) is 11.0. The number of nitrogens with two attached hydrogens (primary N) is 1. The molecule has 1 saturated heterocycles. The summed E-state index contributed by atoms with van der Waals surface area (Å²) in [6, 6.07) is 6.52. The van der Waals surface area contributed by atoms with Gasteiger partial charge in [0.1, 0.15) is 18.4 Å². The zero-order valence-corrected chi connectivity index (χ0v) is 15.4. The quantitative estimate of drug-likeness (QED) is 0.747. The van der Waals surface area contributed by atoms with Crippen molar-refractivity contribution in [3.63, 3.8) is 0 Å². The third-order valence-corrected chi connectivity index (χ3v) is 4.46. The zero-order chi connectivity index (χ0) is 16.7. The van der Waals surface area contributed by atoms with Crippen molar-refractivity contribution in [1.82, 2.24) is 0 Å². The van der Waals surface area contributed by atoms with Crippen LogP contribution >= 0.6 is 0 Å². The second-order valence-electron chi connectivity index (χ2n) is 7.75. The summed E-state index contributed by atoms with van der Waals surface area (Å²) in [6.07, 6.45) is 5.28. The SMILES string of the molecule is Cc1ccc(OCCCC[NH2+]C[C@H]2CCCO2)c(C(C)(C)C)c1. The van der Waals surface area contributed by atoms with Gasteiger partial charge in [-0.1, -0.05) is 38.5 Å². The summed E-state index contributed by atoms with van der Waals surface area (Å²) in [5.74, 6) is 1.05. The Hall–Kier alpha value is -1.06. The molecule has 3 heteroatoms. The fourth-order valence-electron chi connectivity index (χ4n) is 3.06. The summed E-state index contributed by atoms with van der Waals surface area (Å²) >= 11 is 0. The molecule has 0 radical (unpaired) electrons. The highest BCUT2D eigenvalue weighted by molar-refractivity contribution is 5.41. The van der Waals surface area contributed by atoms with E-state index in [-0.39, 0.29) is 5.41 Å². The molecule has 0 aromatic heterocycles. The predicted molar refractivity (Wildman–Crippen MR) is 95.2 cm³/mol. The maximum atomic E-state index is 6.06. The van der Waals surface area contributed by atoms with Gasteiger partial charge in [-0.2, -0.15) is 0 Å². The van der Waals surface area contributed by atoms with Crippen LogP contribution in [0.4, 0.5) is 0 Å². The van der Waals surface area contributed by atoms with Gasteiger partial charge in [0.05, 0.1) is 13.2 Å². The Morgan fingerprint density at radius 3 is 2.78 bits per heavy atom. The summed E-state index contributed by atoms with van der Waals surface area (Å²) in [5, 5.41) is 2.39. The van der Waals surface area contributed by atoms with Crippen LogP contribution < -0.4 is 10.1 Å². The number of hydrogen-bond acceptors (Lipinski definition) is 2. The smallest absolute Gasteiger partial charge is 0.123 e. The molecule has 1 aliphatic rings. The molecule has 1 fully saturated rings. The Kier molecular flexibility index (Phi) is 6.91. The minimum absolute atomic E-state index is 0.121. The minimum Gasteiger partial charge on any atom is -0.493 e. The molecule has 1 aliphatic heterocycles. The molecular formula is C20H34NO2+. The third kappa shape index (κ3) is 6.15. The number of aryl methyl sites for hydroxylation is 1. The molecule has 0 unspecified atom stereocenters. The van der Waals surface area contributed by atoms with E-state index in [1.54, 1.807) is 0 Å². The fraction of sp³-hybridized carbons (Fsp3) is 0.700. The summed E-state index contributed by atoms with van der Waals surface area (Å²) in [5.41, 5.74) is 2.73. The fourth-order valence-corrected chi connectivity index (χ4v) is 3.06. The van der Waals surface area contributed by atoms with Gasteiger partial charge in [-0.05, 0) is 49.7 Å². The average Bonchev–Trinajstić information content (AvgIpc) is 3.00. The van der Waals surface area contributed by atoms with Crippen LogP contribution in [0.5, 0.6) is 5.75 Å². The van der Waals surface area contributed by atoms with Crippen molar-refractivity contribution in [2.45, 2.75) is 64.9 Å². The van der Waals surface area contributed by atoms with E-state index in [0.717, 1.165) is 31.9 Å². The molecule has 1 aromatic rings. The third-order valence-electron chi connectivity index (χ3n) is 4.46. The Morgan fingerprint density at radius 1 is 1.26 bits per heavy atom. The highest BCUT2D eigenvalue weighted by Gasteiger charge is 2.19. The molecule has 1 atom stereocenters. The standard InChI is InChI=1S/C20H33NO2/c1-16-9-10-19(18(14-16)20(2,3)4)23-12-6-5-11-21-15-17-8-7-13-22-17/h9-10,14,17,21H,5-8,11-13,15H2,1-4H3/p+1/t17-/m1/s1. The largest absolute Gasteiger partial charge is 0.493 e. The molecular weight excluding hydrogens is 286 g/mol. The lowest BCUT2D eigenvalue weighted by molar-refractivity contribution is -0.661. The van der Waals surface area contributed by atoms with Gasteiger partial charge in [0.25, 0.3) is 0 Å². The van der Waals surface area contributed by atoms with E-state index in [9.17, 15) is 0 Å². The van der Waals surface area contributed by atoms with Gasteiger partial charge in [-0.15, -0.1) is 0 Å². The van der Waals surface area contributed by atoms with Crippen LogP contribution in [0.2, 0.25) is 0 Å². The number of unbranched alkanes of at least 4 members (excludes halogenated alkanes) is 1. The second-order valence-corrected chi connectivity index (χ2v) is 7.75. The van der Waals surface area contributed by atoms with E-state index in [0.29, 0.717) is 6.10 Å². The van der Waals surface area contributed by atoms with Gasteiger partial charge >= 0.3 is 0 Å². The van der Waals surface area contributed by atoms with Crippen LogP contribution in [0.25, 0.3) is 0 Å². The molecule has 0 spiro atoms. The lowest BCUT2D eigenvalue weighted by Gasteiger charge is -2.23. The maximum Gasteiger partial charge on any atom is 0.123 e. The lowest BCUT2D eigenvalue weighted by Crippen LogP contribution is -2.86. The van der Waals surface area contributed by atoms with Gasteiger partial charge in [-0.25, -0.2) is 0 Å². The van der Waals surface area contributed by atoms with Gasteiger partial charge in [0.2, 0.25) is 0 Å². The molecule has 1 aromatic carbocycles. The van der Waals surface area contributed by atoms with Crippen molar-refractivity contribution < 1.29 is 14.8 Å². The van der Waals surface area contributed by atoms with E-state index in [1.165, 1.54) is 36.9 Å². The molecule has 2 rings (SSSR count). The summed E-state index contributed by atoms with van der Waals surface area (Å²) in [7, 11) is 0. The van der Waals surface area contributed by atoms with Crippen molar-refractivity contribution in [3.05, 3.63) is 29.3 Å². The molecule has 2 N–H and O–H groups in total. The van der Waals surface area contributed by atoms with Crippen LogP contribution in [0.3, 0.4) is 0 Å². The normalized spacial score (nSPS) is 18.3. The number of benzene rings is 1. The molecule has 3 nitrogen and oxygen atoms in total. The van der Waals surface area contributed by atoms with Gasteiger partial charge in [0.15, 0.2) is 0 Å². The Balaban J connectivity index is 1.66. The lowest BCUT2D eigenvalue weighted by atomic mass is 9.85. The summed E-state index contributed by atoms with van der Waals surface area (Å²) < 4.78 is 11.7. The molecule has 1 heterocycles. The number of hydrogen-bond donors (Lipinski definition) is 1. The van der Waals surface area contributed by atoms with Crippen molar-refractivity contribution in [1.29, 1.82) is 0 Å². The number of rotatable bonds is 8. The van der Waals surface area contributed by atoms with E-state index in [1.807, 2.05) is 0 Å². The second kappa shape index (κ2) is 8.70. The van der Waals surface area contributed by atoms with Crippen LogP contribution in [-0.2, 0) is 10.2 Å². The monoisotopic (exact) mass is 320 g/mol. The first kappa shape index (κ1) is 18.3. The van der Waals surface area contributed by atoms with Gasteiger partial charge in [-0.3, -0.25) is 0 Å². The van der Waals surface area contributed by atoms with Crippen molar-refractivity contribution in [2.75, 3.05) is 26.3 Å². The van der Waals surface area contributed by atoms with Crippen LogP contribution in [-0.4, -0.2) is 32.4 Å². The molecule has 130 valence electrons. The van der Waals surface area contributed by atoms with Gasteiger partial charge in [0, 0.05) is 6.61 Å². The van der Waals surface area contributed by atoms with Crippen LogP contribution in [0, 0.1) is 6.92 Å². The Morgan fingerprint density at radius 2 is 2.09 bits per heavy atom.